The second kappa shape index (κ2) is 7.71. The molecule has 8 nitrogen and oxygen atoms in total. The highest BCUT2D eigenvalue weighted by Gasteiger charge is 2.26. The molecule has 0 bridgehead atoms. The number of aromatic nitrogens is 1. The lowest BCUT2D eigenvalue weighted by molar-refractivity contribution is -0.138. The predicted octanol–water partition coefficient (Wildman–Crippen LogP) is -0.466. The molecule has 132 valence electrons. The smallest absolute Gasteiger partial charge is 0.238 e. The van der Waals surface area contributed by atoms with Crippen molar-refractivity contribution in [2.45, 2.75) is 13.5 Å². The second-order valence-corrected chi connectivity index (χ2v) is 7.76. The number of carbonyl (C=O) groups excluding carboxylic acids is 2. The first-order valence-corrected chi connectivity index (χ1v) is 9.49. The Labute approximate surface area is 142 Å². The van der Waals surface area contributed by atoms with Gasteiger partial charge in [0.1, 0.15) is 0 Å². The van der Waals surface area contributed by atoms with Crippen molar-refractivity contribution < 1.29 is 18.0 Å². The fourth-order valence-electron chi connectivity index (χ4n) is 2.50. The van der Waals surface area contributed by atoms with Gasteiger partial charge in [0.25, 0.3) is 0 Å². The summed E-state index contributed by atoms with van der Waals surface area (Å²) in [5.41, 5.74) is 0.768. The molecule has 0 saturated carbocycles. The molecule has 2 rings (SSSR count). The van der Waals surface area contributed by atoms with Gasteiger partial charge in [0.05, 0.1) is 12.8 Å². The number of sulfonamides is 1. The van der Waals surface area contributed by atoms with Crippen LogP contribution in [0.2, 0.25) is 0 Å². The van der Waals surface area contributed by atoms with Crippen LogP contribution in [-0.2, 0) is 26.2 Å². The zero-order chi connectivity index (χ0) is 17.7. The van der Waals surface area contributed by atoms with E-state index in [9.17, 15) is 18.0 Å². The molecule has 0 aromatic carbocycles. The Morgan fingerprint density at radius 2 is 1.67 bits per heavy atom. The lowest BCUT2D eigenvalue weighted by atomic mass is 10.2. The molecule has 0 unspecified atom stereocenters. The summed E-state index contributed by atoms with van der Waals surface area (Å²) in [5, 5.41) is 0. The Kier molecular flexibility index (Phi) is 5.89. The molecule has 9 heteroatoms. The molecule has 0 aliphatic carbocycles. The van der Waals surface area contributed by atoms with Crippen molar-refractivity contribution >= 4 is 21.8 Å². The van der Waals surface area contributed by atoms with Crippen molar-refractivity contribution in [2.24, 2.45) is 0 Å². The second-order valence-electron chi connectivity index (χ2n) is 5.77. The average molecular weight is 354 g/mol. The minimum atomic E-state index is -3.52. The van der Waals surface area contributed by atoms with Gasteiger partial charge in [-0.3, -0.25) is 14.6 Å². The Morgan fingerprint density at radius 3 is 2.17 bits per heavy atom. The molecule has 0 atom stereocenters. The molecular weight excluding hydrogens is 332 g/mol. The topological polar surface area (TPSA) is 90.9 Å². The van der Waals surface area contributed by atoms with Crippen LogP contribution in [0, 0.1) is 0 Å². The lowest BCUT2D eigenvalue weighted by Crippen LogP contribution is -2.52. The predicted molar refractivity (Wildman–Crippen MR) is 88.3 cm³/mol. The van der Waals surface area contributed by atoms with E-state index in [1.807, 2.05) is 0 Å². The Morgan fingerprint density at radius 1 is 1.12 bits per heavy atom. The third-order valence-electron chi connectivity index (χ3n) is 3.97. The standard InChI is InChI=1S/C15H22N4O4S/c1-13(20)17-7-9-18(10-8-17)15(21)12-19(24(2,22)23)11-14-3-5-16-6-4-14/h3-6H,7-12H2,1-2H3. The molecule has 1 fully saturated rings. The number of nitrogens with zero attached hydrogens (tertiary/aromatic N) is 4. The van der Waals surface area contributed by atoms with E-state index in [1.165, 1.54) is 6.92 Å². The van der Waals surface area contributed by atoms with Crippen LogP contribution in [0.15, 0.2) is 24.5 Å². The third kappa shape index (κ3) is 5.00. The van der Waals surface area contributed by atoms with Gasteiger partial charge in [-0.05, 0) is 17.7 Å². The van der Waals surface area contributed by atoms with Gasteiger partial charge in [0, 0.05) is 52.0 Å². The van der Waals surface area contributed by atoms with E-state index in [4.69, 9.17) is 0 Å². The van der Waals surface area contributed by atoms with Crippen molar-refractivity contribution in [1.29, 1.82) is 0 Å². The van der Waals surface area contributed by atoms with Gasteiger partial charge in [-0.1, -0.05) is 0 Å². The van der Waals surface area contributed by atoms with E-state index in [0.29, 0.717) is 26.2 Å². The largest absolute Gasteiger partial charge is 0.339 e. The highest BCUT2D eigenvalue weighted by Crippen LogP contribution is 2.10. The molecule has 1 aromatic heterocycles. The van der Waals surface area contributed by atoms with Crippen molar-refractivity contribution in [3.05, 3.63) is 30.1 Å². The van der Waals surface area contributed by atoms with Crippen LogP contribution in [-0.4, -0.2) is 78.3 Å². The van der Waals surface area contributed by atoms with E-state index < -0.39 is 10.0 Å². The van der Waals surface area contributed by atoms with E-state index in [-0.39, 0.29) is 24.9 Å². The van der Waals surface area contributed by atoms with Crippen LogP contribution in [0.1, 0.15) is 12.5 Å². The first kappa shape index (κ1) is 18.3. The maximum Gasteiger partial charge on any atom is 0.238 e. The van der Waals surface area contributed by atoms with Gasteiger partial charge >= 0.3 is 0 Å². The molecule has 0 N–H and O–H groups in total. The molecule has 1 saturated heterocycles. The molecule has 2 heterocycles. The van der Waals surface area contributed by atoms with Crippen molar-refractivity contribution in [3.8, 4) is 0 Å². The normalized spacial score (nSPS) is 15.6. The SMILES string of the molecule is CC(=O)N1CCN(C(=O)CN(Cc2ccncc2)S(C)(=O)=O)CC1. The van der Waals surface area contributed by atoms with Crippen molar-refractivity contribution in [3.63, 3.8) is 0 Å². The Hall–Kier alpha value is -2.00. The van der Waals surface area contributed by atoms with Gasteiger partial charge in [-0.15, -0.1) is 0 Å². The summed E-state index contributed by atoms with van der Waals surface area (Å²) in [6, 6.07) is 3.43. The molecule has 0 radical (unpaired) electrons. The molecule has 0 spiro atoms. The zero-order valence-electron chi connectivity index (χ0n) is 13.9. The summed E-state index contributed by atoms with van der Waals surface area (Å²) in [6.45, 7) is 3.21. The van der Waals surface area contributed by atoms with Gasteiger partial charge < -0.3 is 9.80 Å². The van der Waals surface area contributed by atoms with Gasteiger partial charge in [0.2, 0.25) is 21.8 Å². The highest BCUT2D eigenvalue weighted by atomic mass is 32.2. The number of pyridine rings is 1. The number of amides is 2. The van der Waals surface area contributed by atoms with Crippen LogP contribution in [0.4, 0.5) is 0 Å². The number of rotatable bonds is 5. The average Bonchev–Trinajstić information content (AvgIpc) is 2.54. The molecule has 1 aliphatic heterocycles. The van der Waals surface area contributed by atoms with Crippen LogP contribution in [0.5, 0.6) is 0 Å². The number of hydrogen-bond acceptors (Lipinski definition) is 5. The summed E-state index contributed by atoms with van der Waals surface area (Å²) in [7, 11) is -3.52. The van der Waals surface area contributed by atoms with Crippen LogP contribution in [0.25, 0.3) is 0 Å². The van der Waals surface area contributed by atoms with Crippen LogP contribution >= 0.6 is 0 Å². The van der Waals surface area contributed by atoms with Crippen LogP contribution < -0.4 is 0 Å². The minimum absolute atomic E-state index is 0.0162. The summed E-state index contributed by atoms with van der Waals surface area (Å²) in [6.07, 6.45) is 4.26. The van der Waals surface area contributed by atoms with E-state index >= 15 is 0 Å². The quantitative estimate of drug-likeness (QED) is 0.713. The van der Waals surface area contributed by atoms with Crippen molar-refractivity contribution in [2.75, 3.05) is 39.0 Å². The molecule has 24 heavy (non-hydrogen) atoms. The number of hydrogen-bond donors (Lipinski definition) is 0. The van der Waals surface area contributed by atoms with Crippen molar-refractivity contribution in [1.82, 2.24) is 19.1 Å². The van der Waals surface area contributed by atoms with Gasteiger partial charge in [-0.2, -0.15) is 4.31 Å². The highest BCUT2D eigenvalue weighted by molar-refractivity contribution is 7.88. The third-order valence-corrected chi connectivity index (χ3v) is 5.16. The van der Waals surface area contributed by atoms with E-state index in [2.05, 4.69) is 4.98 Å². The van der Waals surface area contributed by atoms with E-state index in [1.54, 1.807) is 34.3 Å². The first-order chi connectivity index (χ1) is 11.3. The van der Waals surface area contributed by atoms with Gasteiger partial charge in [-0.25, -0.2) is 8.42 Å². The Balaban J connectivity index is 1.99. The maximum atomic E-state index is 12.4. The fourth-order valence-corrected chi connectivity index (χ4v) is 3.23. The minimum Gasteiger partial charge on any atom is -0.339 e. The summed E-state index contributed by atoms with van der Waals surface area (Å²) in [5.74, 6) is -0.268. The zero-order valence-corrected chi connectivity index (χ0v) is 14.7. The molecular formula is C15H22N4O4S. The fraction of sp³-hybridized carbons (Fsp3) is 0.533. The molecule has 1 aromatic rings. The van der Waals surface area contributed by atoms with Gasteiger partial charge in [0.15, 0.2) is 0 Å². The Bertz CT molecular complexity index is 685. The maximum absolute atomic E-state index is 12.4. The monoisotopic (exact) mass is 354 g/mol. The molecule has 2 amide bonds. The number of carbonyl (C=O) groups is 2. The number of piperazine rings is 1. The summed E-state index contributed by atoms with van der Waals surface area (Å²) in [4.78, 5) is 30.9. The van der Waals surface area contributed by atoms with Crippen LogP contribution in [0.3, 0.4) is 0 Å². The first-order valence-electron chi connectivity index (χ1n) is 7.64. The van der Waals surface area contributed by atoms with E-state index in [0.717, 1.165) is 16.1 Å². The molecule has 1 aliphatic rings. The summed E-state index contributed by atoms with van der Waals surface area (Å²) < 4.78 is 25.1. The lowest BCUT2D eigenvalue weighted by Gasteiger charge is -2.35. The summed E-state index contributed by atoms with van der Waals surface area (Å²) >= 11 is 0.